The first-order valence-electron chi connectivity index (χ1n) is 7.50. The highest BCUT2D eigenvalue weighted by Crippen LogP contribution is 2.10. The molecule has 0 spiro atoms. The van der Waals surface area contributed by atoms with Crippen molar-refractivity contribution in [2.75, 3.05) is 25.0 Å². The molecule has 0 atom stereocenters. The average Bonchev–Trinajstić information content (AvgIpc) is 3.01. The topological polar surface area (TPSA) is 78.5 Å². The van der Waals surface area contributed by atoms with Crippen LogP contribution < -0.4 is 10.6 Å². The number of carbonyl (C=O) groups is 3. The monoisotopic (exact) mass is 303 g/mol. The largest absolute Gasteiger partial charge is 0.352 e. The van der Waals surface area contributed by atoms with Gasteiger partial charge in [0.1, 0.15) is 0 Å². The summed E-state index contributed by atoms with van der Waals surface area (Å²) in [6.45, 7) is 3.42. The SMILES string of the molecule is CC(=O)Nc1ccc(C(=O)NCCC(=O)N2CCCC2)cc1. The molecule has 0 radical (unpaired) electrons. The van der Waals surface area contributed by atoms with Crippen molar-refractivity contribution in [2.24, 2.45) is 0 Å². The van der Waals surface area contributed by atoms with E-state index in [4.69, 9.17) is 0 Å². The van der Waals surface area contributed by atoms with Gasteiger partial charge in [0.2, 0.25) is 11.8 Å². The molecule has 0 bridgehead atoms. The smallest absolute Gasteiger partial charge is 0.251 e. The fourth-order valence-corrected chi connectivity index (χ4v) is 2.42. The van der Waals surface area contributed by atoms with Gasteiger partial charge in [-0.2, -0.15) is 0 Å². The van der Waals surface area contributed by atoms with Crippen LogP contribution >= 0.6 is 0 Å². The Morgan fingerprint density at radius 1 is 1.09 bits per heavy atom. The third-order valence-corrected chi connectivity index (χ3v) is 3.55. The highest BCUT2D eigenvalue weighted by molar-refractivity contribution is 5.95. The van der Waals surface area contributed by atoms with E-state index in [0.29, 0.717) is 24.2 Å². The van der Waals surface area contributed by atoms with E-state index in [1.165, 1.54) is 6.92 Å². The fourth-order valence-electron chi connectivity index (χ4n) is 2.42. The molecule has 1 aliphatic heterocycles. The van der Waals surface area contributed by atoms with Crippen LogP contribution in [0.5, 0.6) is 0 Å². The Morgan fingerprint density at radius 3 is 2.32 bits per heavy atom. The van der Waals surface area contributed by atoms with Crippen LogP contribution in [0, 0.1) is 0 Å². The molecule has 118 valence electrons. The van der Waals surface area contributed by atoms with Crippen LogP contribution in [0.15, 0.2) is 24.3 Å². The van der Waals surface area contributed by atoms with Crippen LogP contribution in [0.25, 0.3) is 0 Å². The molecular weight excluding hydrogens is 282 g/mol. The van der Waals surface area contributed by atoms with Crippen molar-refractivity contribution in [1.29, 1.82) is 0 Å². The number of hydrogen-bond acceptors (Lipinski definition) is 3. The minimum absolute atomic E-state index is 0.0961. The van der Waals surface area contributed by atoms with Gasteiger partial charge in [0.15, 0.2) is 0 Å². The van der Waals surface area contributed by atoms with Gasteiger partial charge in [0.25, 0.3) is 5.91 Å². The Balaban J connectivity index is 1.76. The summed E-state index contributed by atoms with van der Waals surface area (Å²) in [5.74, 6) is -0.278. The van der Waals surface area contributed by atoms with Crippen molar-refractivity contribution in [3.05, 3.63) is 29.8 Å². The molecule has 1 aromatic carbocycles. The standard InChI is InChI=1S/C16H21N3O3/c1-12(20)18-14-6-4-13(5-7-14)16(22)17-9-8-15(21)19-10-2-3-11-19/h4-7H,2-3,8-11H2,1H3,(H,17,22)(H,18,20). The lowest BCUT2D eigenvalue weighted by molar-refractivity contribution is -0.130. The first-order chi connectivity index (χ1) is 10.6. The van der Waals surface area contributed by atoms with Gasteiger partial charge in [-0.3, -0.25) is 14.4 Å². The maximum atomic E-state index is 12.0. The van der Waals surface area contributed by atoms with Crippen molar-refractivity contribution >= 4 is 23.4 Å². The number of anilines is 1. The molecule has 1 aliphatic rings. The molecule has 1 fully saturated rings. The van der Waals surface area contributed by atoms with Gasteiger partial charge in [-0.15, -0.1) is 0 Å². The fraction of sp³-hybridized carbons (Fsp3) is 0.438. The number of likely N-dealkylation sites (tertiary alicyclic amines) is 1. The Morgan fingerprint density at radius 2 is 1.73 bits per heavy atom. The van der Waals surface area contributed by atoms with Crippen LogP contribution in [0.3, 0.4) is 0 Å². The second kappa shape index (κ2) is 7.59. The van der Waals surface area contributed by atoms with Crippen molar-refractivity contribution in [3.8, 4) is 0 Å². The number of carbonyl (C=O) groups excluding carboxylic acids is 3. The lowest BCUT2D eigenvalue weighted by atomic mass is 10.2. The zero-order valence-corrected chi connectivity index (χ0v) is 12.7. The number of rotatable bonds is 5. The molecule has 1 aromatic rings. The van der Waals surface area contributed by atoms with Gasteiger partial charge in [0, 0.05) is 44.2 Å². The highest BCUT2D eigenvalue weighted by Gasteiger charge is 2.17. The summed E-state index contributed by atoms with van der Waals surface area (Å²) in [6.07, 6.45) is 2.47. The molecule has 6 heteroatoms. The number of nitrogens with one attached hydrogen (secondary N) is 2. The maximum Gasteiger partial charge on any atom is 0.251 e. The van der Waals surface area contributed by atoms with E-state index in [1.54, 1.807) is 24.3 Å². The van der Waals surface area contributed by atoms with Crippen molar-refractivity contribution in [1.82, 2.24) is 10.2 Å². The van der Waals surface area contributed by atoms with Gasteiger partial charge in [0.05, 0.1) is 0 Å². The third kappa shape index (κ3) is 4.58. The molecule has 0 unspecified atom stereocenters. The molecule has 0 aromatic heterocycles. The van der Waals surface area contributed by atoms with Crippen LogP contribution in [0.4, 0.5) is 5.69 Å². The Kier molecular flexibility index (Phi) is 5.52. The summed E-state index contributed by atoms with van der Waals surface area (Å²) < 4.78 is 0. The normalized spacial score (nSPS) is 13.8. The first kappa shape index (κ1) is 16.0. The minimum Gasteiger partial charge on any atom is -0.352 e. The number of amides is 3. The summed E-state index contributed by atoms with van der Waals surface area (Å²) in [4.78, 5) is 36.6. The second-order valence-electron chi connectivity index (χ2n) is 5.35. The lowest BCUT2D eigenvalue weighted by Crippen LogP contribution is -2.32. The molecular formula is C16H21N3O3. The van der Waals surface area contributed by atoms with E-state index < -0.39 is 0 Å². The van der Waals surface area contributed by atoms with Gasteiger partial charge in [-0.1, -0.05) is 0 Å². The number of benzene rings is 1. The van der Waals surface area contributed by atoms with Crippen molar-refractivity contribution in [3.63, 3.8) is 0 Å². The van der Waals surface area contributed by atoms with Gasteiger partial charge in [-0.05, 0) is 37.1 Å². The quantitative estimate of drug-likeness (QED) is 0.862. The Hall–Kier alpha value is -2.37. The summed E-state index contributed by atoms with van der Waals surface area (Å²) in [7, 11) is 0. The van der Waals surface area contributed by atoms with Gasteiger partial charge >= 0.3 is 0 Å². The zero-order valence-electron chi connectivity index (χ0n) is 12.7. The van der Waals surface area contributed by atoms with E-state index in [1.807, 2.05) is 4.90 Å². The van der Waals surface area contributed by atoms with E-state index in [0.717, 1.165) is 25.9 Å². The lowest BCUT2D eigenvalue weighted by Gasteiger charge is -2.15. The predicted molar refractivity (Wildman–Crippen MR) is 83.5 cm³/mol. The maximum absolute atomic E-state index is 12.0. The minimum atomic E-state index is -0.219. The number of nitrogens with zero attached hydrogens (tertiary/aromatic N) is 1. The van der Waals surface area contributed by atoms with E-state index >= 15 is 0 Å². The van der Waals surface area contributed by atoms with Crippen molar-refractivity contribution < 1.29 is 14.4 Å². The van der Waals surface area contributed by atoms with E-state index in [9.17, 15) is 14.4 Å². The molecule has 2 rings (SSSR count). The average molecular weight is 303 g/mol. The third-order valence-electron chi connectivity index (χ3n) is 3.55. The highest BCUT2D eigenvalue weighted by atomic mass is 16.2. The molecule has 22 heavy (non-hydrogen) atoms. The zero-order chi connectivity index (χ0) is 15.9. The summed E-state index contributed by atoms with van der Waals surface area (Å²) in [5.41, 5.74) is 1.15. The van der Waals surface area contributed by atoms with E-state index in [-0.39, 0.29) is 17.7 Å². The molecule has 1 saturated heterocycles. The van der Waals surface area contributed by atoms with Crippen LogP contribution in [-0.4, -0.2) is 42.3 Å². The molecule has 1 heterocycles. The molecule has 0 aliphatic carbocycles. The summed E-state index contributed by atoms with van der Waals surface area (Å²) in [5, 5.41) is 5.38. The predicted octanol–water partition coefficient (Wildman–Crippen LogP) is 1.39. The first-order valence-corrected chi connectivity index (χ1v) is 7.50. The second-order valence-corrected chi connectivity index (χ2v) is 5.35. The van der Waals surface area contributed by atoms with Crippen molar-refractivity contribution in [2.45, 2.75) is 26.2 Å². The molecule has 3 amide bonds. The van der Waals surface area contributed by atoms with Gasteiger partial charge in [-0.25, -0.2) is 0 Å². The number of hydrogen-bond donors (Lipinski definition) is 2. The molecule has 6 nitrogen and oxygen atoms in total. The molecule has 0 saturated carbocycles. The van der Waals surface area contributed by atoms with Crippen LogP contribution in [0.1, 0.15) is 36.5 Å². The summed E-state index contributed by atoms with van der Waals surface area (Å²) in [6, 6.07) is 6.63. The Labute approximate surface area is 129 Å². The molecule has 2 N–H and O–H groups in total. The van der Waals surface area contributed by atoms with E-state index in [2.05, 4.69) is 10.6 Å². The van der Waals surface area contributed by atoms with Gasteiger partial charge < -0.3 is 15.5 Å². The Bertz CT molecular complexity index is 548. The van der Waals surface area contributed by atoms with Crippen LogP contribution in [-0.2, 0) is 9.59 Å². The summed E-state index contributed by atoms with van der Waals surface area (Å²) >= 11 is 0. The van der Waals surface area contributed by atoms with Crippen LogP contribution in [0.2, 0.25) is 0 Å².